The largest absolute Gasteiger partial charge is 0.480 e. The summed E-state index contributed by atoms with van der Waals surface area (Å²) in [6, 6.07) is -0.649. The lowest BCUT2D eigenvalue weighted by Gasteiger charge is -2.36. The summed E-state index contributed by atoms with van der Waals surface area (Å²) in [5.41, 5.74) is 1.78. The quantitative estimate of drug-likeness (QED) is 0.579. The van der Waals surface area contributed by atoms with E-state index in [9.17, 15) is 4.79 Å². The van der Waals surface area contributed by atoms with Crippen LogP contribution in [-0.2, 0) is 4.79 Å². The number of hydrogen-bond acceptors (Lipinski definition) is 2. The number of hydrogen-bond donors (Lipinski definition) is 1. The molecule has 0 aromatic heterocycles. The third kappa shape index (κ3) is 5.49. The number of aliphatic imine (C=N–C) groups is 1. The van der Waals surface area contributed by atoms with Gasteiger partial charge in [0.25, 0.3) is 0 Å². The first-order valence-corrected chi connectivity index (χ1v) is 7.83. The topological polar surface area (TPSA) is 49.7 Å². The average molecular weight is 291 g/mol. The molecule has 0 amide bonds. The highest BCUT2D eigenvalue weighted by Gasteiger charge is 2.30. The number of rotatable bonds is 6. The van der Waals surface area contributed by atoms with Gasteiger partial charge in [0.15, 0.2) is 0 Å². The number of nitrogens with zero attached hydrogens (tertiary/aromatic N) is 1. The van der Waals surface area contributed by atoms with Gasteiger partial charge in [-0.2, -0.15) is 0 Å². The van der Waals surface area contributed by atoms with Gasteiger partial charge in [-0.15, -0.1) is 0 Å². The summed E-state index contributed by atoms with van der Waals surface area (Å²) < 4.78 is 0. The Kier molecular flexibility index (Phi) is 6.38. The minimum Gasteiger partial charge on any atom is -0.480 e. The fourth-order valence-corrected chi connectivity index (χ4v) is 2.81. The van der Waals surface area contributed by atoms with Crippen molar-refractivity contribution in [3.63, 3.8) is 0 Å². The molecular weight excluding hydrogens is 262 g/mol. The van der Waals surface area contributed by atoms with Crippen LogP contribution in [0, 0.1) is 17.3 Å². The molecule has 0 radical (unpaired) electrons. The van der Waals surface area contributed by atoms with Gasteiger partial charge in [0.1, 0.15) is 6.04 Å². The Hall–Kier alpha value is -1.38. The van der Waals surface area contributed by atoms with Crippen LogP contribution in [0.25, 0.3) is 0 Å². The zero-order valence-corrected chi connectivity index (χ0v) is 14.0. The van der Waals surface area contributed by atoms with Crippen LogP contribution in [-0.4, -0.2) is 23.3 Å². The van der Waals surface area contributed by atoms with Crippen molar-refractivity contribution in [1.82, 2.24) is 0 Å². The third-order valence-electron chi connectivity index (χ3n) is 4.38. The molecule has 0 aromatic carbocycles. The normalized spacial score (nSPS) is 25.0. The monoisotopic (exact) mass is 291 g/mol. The Bertz CT molecular complexity index is 446. The molecule has 0 heterocycles. The molecule has 21 heavy (non-hydrogen) atoms. The van der Waals surface area contributed by atoms with Gasteiger partial charge in [-0.1, -0.05) is 44.6 Å². The first kappa shape index (κ1) is 17.7. The lowest BCUT2D eigenvalue weighted by Crippen LogP contribution is -2.26. The van der Waals surface area contributed by atoms with Gasteiger partial charge in [-0.05, 0) is 44.4 Å². The van der Waals surface area contributed by atoms with Crippen molar-refractivity contribution in [2.75, 3.05) is 0 Å². The van der Waals surface area contributed by atoms with E-state index < -0.39 is 12.0 Å². The van der Waals surface area contributed by atoms with E-state index in [4.69, 9.17) is 5.11 Å². The van der Waals surface area contributed by atoms with Gasteiger partial charge in [-0.25, -0.2) is 4.79 Å². The van der Waals surface area contributed by atoms with E-state index in [1.165, 1.54) is 18.4 Å². The average Bonchev–Trinajstić information content (AvgIpc) is 2.37. The summed E-state index contributed by atoms with van der Waals surface area (Å²) >= 11 is 0. The molecule has 0 spiro atoms. The van der Waals surface area contributed by atoms with Crippen molar-refractivity contribution in [1.29, 1.82) is 0 Å². The number of allylic oxidation sites excluding steroid dienone is 4. The van der Waals surface area contributed by atoms with Crippen molar-refractivity contribution < 1.29 is 9.90 Å². The molecule has 118 valence electrons. The molecule has 3 atom stereocenters. The summed E-state index contributed by atoms with van der Waals surface area (Å²) in [6.07, 6.45) is 11.8. The summed E-state index contributed by atoms with van der Waals surface area (Å²) in [5, 5.41) is 8.77. The first-order chi connectivity index (χ1) is 9.74. The van der Waals surface area contributed by atoms with Crippen molar-refractivity contribution in [2.45, 2.75) is 59.9 Å². The molecule has 1 aliphatic carbocycles. The molecular formula is C18H29NO2. The maximum atomic E-state index is 10.7. The van der Waals surface area contributed by atoms with E-state index in [2.05, 4.69) is 50.9 Å². The molecule has 1 N–H and O–H groups in total. The molecule has 0 fully saturated rings. The first-order valence-electron chi connectivity index (χ1n) is 7.83. The predicted molar refractivity (Wildman–Crippen MR) is 88.8 cm³/mol. The van der Waals surface area contributed by atoms with E-state index in [-0.39, 0.29) is 0 Å². The Labute approximate surface area is 128 Å². The highest BCUT2D eigenvalue weighted by atomic mass is 16.4. The molecule has 0 aliphatic heterocycles. The summed E-state index contributed by atoms with van der Waals surface area (Å²) in [6.45, 7) is 10.6. The number of carbonyl (C=O) groups is 1. The standard InChI is InChI=1S/C18H29NO2/c1-13(10-12-19-15(3)17(20)21)8-9-16-14(2)7-6-11-18(16,4)5/h7-9,12-13,15-16H,6,10-11H2,1-5H3,(H,20,21)/b9-8+,19-12?/t13?,15-,16?/m0/s1. The lowest BCUT2D eigenvalue weighted by molar-refractivity contribution is -0.137. The number of carboxylic acids is 1. The van der Waals surface area contributed by atoms with Crippen LogP contribution in [0.5, 0.6) is 0 Å². The van der Waals surface area contributed by atoms with E-state index >= 15 is 0 Å². The van der Waals surface area contributed by atoms with Gasteiger partial charge in [0.05, 0.1) is 0 Å². The molecule has 3 nitrogen and oxygen atoms in total. The molecule has 0 aromatic rings. The minimum atomic E-state index is -0.876. The Morgan fingerprint density at radius 3 is 2.76 bits per heavy atom. The lowest BCUT2D eigenvalue weighted by atomic mass is 9.68. The zero-order chi connectivity index (χ0) is 16.0. The highest BCUT2D eigenvalue weighted by molar-refractivity contribution is 5.75. The third-order valence-corrected chi connectivity index (χ3v) is 4.38. The van der Waals surface area contributed by atoms with Crippen molar-refractivity contribution in [2.24, 2.45) is 22.2 Å². The van der Waals surface area contributed by atoms with Crippen molar-refractivity contribution >= 4 is 12.2 Å². The Morgan fingerprint density at radius 1 is 1.52 bits per heavy atom. The molecule has 1 rings (SSSR count). The maximum Gasteiger partial charge on any atom is 0.328 e. The molecule has 2 unspecified atom stereocenters. The SMILES string of the molecule is CC1=CCCC(C)(C)C1/C=C/C(C)CC=N[C@@H](C)C(=O)O. The van der Waals surface area contributed by atoms with Crippen LogP contribution in [0.3, 0.4) is 0 Å². The Morgan fingerprint density at radius 2 is 2.19 bits per heavy atom. The Balaban J connectivity index is 2.57. The molecule has 0 saturated heterocycles. The molecule has 0 saturated carbocycles. The second-order valence-electron chi connectivity index (χ2n) is 6.90. The van der Waals surface area contributed by atoms with E-state index in [1.54, 1.807) is 13.1 Å². The zero-order valence-electron chi connectivity index (χ0n) is 14.0. The predicted octanol–water partition coefficient (Wildman–Crippen LogP) is 4.50. The highest BCUT2D eigenvalue weighted by Crippen LogP contribution is 2.41. The smallest absolute Gasteiger partial charge is 0.328 e. The van der Waals surface area contributed by atoms with Gasteiger partial charge in [0.2, 0.25) is 0 Å². The summed E-state index contributed by atoms with van der Waals surface area (Å²) in [7, 11) is 0. The maximum absolute atomic E-state index is 10.7. The van der Waals surface area contributed by atoms with Gasteiger partial charge < -0.3 is 5.11 Å². The fourth-order valence-electron chi connectivity index (χ4n) is 2.81. The summed E-state index contributed by atoms with van der Waals surface area (Å²) in [5.74, 6) is 0.00279. The molecule has 3 heteroatoms. The van der Waals surface area contributed by atoms with Crippen molar-refractivity contribution in [3.05, 3.63) is 23.8 Å². The minimum absolute atomic E-state index is 0.320. The van der Waals surface area contributed by atoms with Gasteiger partial charge >= 0.3 is 5.97 Å². The van der Waals surface area contributed by atoms with Gasteiger partial charge in [0, 0.05) is 12.1 Å². The fraction of sp³-hybridized carbons (Fsp3) is 0.667. The summed E-state index contributed by atoms with van der Waals surface area (Å²) in [4.78, 5) is 14.7. The second kappa shape index (κ2) is 7.58. The van der Waals surface area contributed by atoms with E-state index in [1.807, 2.05) is 0 Å². The second-order valence-corrected chi connectivity index (χ2v) is 6.90. The van der Waals surface area contributed by atoms with Crippen LogP contribution in [0.4, 0.5) is 0 Å². The van der Waals surface area contributed by atoms with Crippen LogP contribution in [0.15, 0.2) is 28.8 Å². The van der Waals surface area contributed by atoms with E-state index in [0.717, 1.165) is 6.42 Å². The van der Waals surface area contributed by atoms with Crippen LogP contribution >= 0.6 is 0 Å². The van der Waals surface area contributed by atoms with E-state index in [0.29, 0.717) is 17.3 Å². The number of carboxylic acid groups (broad SMARTS) is 1. The number of aliphatic carboxylic acids is 1. The van der Waals surface area contributed by atoms with Crippen LogP contribution in [0.1, 0.15) is 53.9 Å². The van der Waals surface area contributed by atoms with Crippen LogP contribution < -0.4 is 0 Å². The van der Waals surface area contributed by atoms with Gasteiger partial charge in [-0.3, -0.25) is 4.99 Å². The molecule has 0 bridgehead atoms. The van der Waals surface area contributed by atoms with Crippen molar-refractivity contribution in [3.8, 4) is 0 Å². The van der Waals surface area contributed by atoms with Crippen LogP contribution in [0.2, 0.25) is 0 Å². The molecule has 1 aliphatic rings.